The van der Waals surface area contributed by atoms with Crippen molar-refractivity contribution in [3.63, 3.8) is 0 Å². The molecule has 1 heterocycles. The van der Waals surface area contributed by atoms with E-state index in [9.17, 15) is 13.2 Å². The highest BCUT2D eigenvalue weighted by molar-refractivity contribution is 6.33. The van der Waals surface area contributed by atoms with Crippen LogP contribution in [0.3, 0.4) is 0 Å². The average Bonchev–Trinajstić information content (AvgIpc) is 2.29. The Morgan fingerprint density at radius 2 is 1.94 bits per heavy atom. The number of alkyl halides is 3. The van der Waals surface area contributed by atoms with E-state index in [1.807, 2.05) is 0 Å². The molecule has 0 radical (unpaired) electrons. The highest BCUT2D eigenvalue weighted by atomic mass is 35.5. The Kier molecular flexibility index (Phi) is 3.24. The molecule has 2 rings (SSSR count). The third-order valence-electron chi connectivity index (χ3n) is 2.44. The molecule has 1 nitrogen and oxygen atoms in total. The summed E-state index contributed by atoms with van der Waals surface area (Å²) >= 11 is 5.79. The molecule has 0 N–H and O–H groups in total. The molecule has 0 fully saturated rings. The van der Waals surface area contributed by atoms with E-state index in [4.69, 9.17) is 11.6 Å². The van der Waals surface area contributed by atoms with Gasteiger partial charge in [-0.05, 0) is 18.9 Å². The van der Waals surface area contributed by atoms with E-state index in [0.717, 1.165) is 18.9 Å². The number of halogens is 4. The van der Waals surface area contributed by atoms with E-state index >= 15 is 0 Å². The number of benzene rings is 1. The lowest BCUT2D eigenvalue weighted by Gasteiger charge is -2.13. The molecule has 0 saturated carbocycles. The minimum Gasteiger partial charge on any atom is -0.261 e. The van der Waals surface area contributed by atoms with Crippen molar-refractivity contribution in [3.05, 3.63) is 40.4 Å². The first-order valence-corrected chi connectivity index (χ1v) is 5.46. The van der Waals surface area contributed by atoms with E-state index in [0.29, 0.717) is 11.3 Å². The van der Waals surface area contributed by atoms with Gasteiger partial charge in [-0.2, -0.15) is 13.2 Å². The molecular weight excluding hydrogens is 251 g/mol. The summed E-state index contributed by atoms with van der Waals surface area (Å²) in [5, 5.41) is -0.287. The molecule has 1 aromatic carbocycles. The van der Waals surface area contributed by atoms with Crippen LogP contribution in [0.2, 0.25) is 5.02 Å². The summed E-state index contributed by atoms with van der Waals surface area (Å²) in [5.74, 6) is 0. The molecule has 0 spiro atoms. The van der Waals surface area contributed by atoms with Gasteiger partial charge in [-0.15, -0.1) is 0 Å². The lowest BCUT2D eigenvalue weighted by molar-refractivity contribution is -0.137. The maximum atomic E-state index is 12.7. The van der Waals surface area contributed by atoms with Gasteiger partial charge in [0.15, 0.2) is 0 Å². The lowest BCUT2D eigenvalue weighted by atomic mass is 10.1. The Hall–Kier alpha value is -1.29. The van der Waals surface area contributed by atoms with Crippen LogP contribution in [0, 0.1) is 0 Å². The van der Waals surface area contributed by atoms with Gasteiger partial charge in [0.25, 0.3) is 0 Å². The highest BCUT2D eigenvalue weighted by Gasteiger charge is 2.34. The van der Waals surface area contributed by atoms with Gasteiger partial charge in [-0.25, -0.2) is 0 Å². The quantitative estimate of drug-likeness (QED) is 0.701. The fraction of sp³-hybridized carbons (Fsp3) is 0.250. The van der Waals surface area contributed by atoms with E-state index in [-0.39, 0.29) is 5.02 Å². The van der Waals surface area contributed by atoms with Crippen LogP contribution < -0.4 is 0 Å². The minimum atomic E-state index is -4.44. The van der Waals surface area contributed by atoms with E-state index in [2.05, 4.69) is 4.99 Å². The lowest BCUT2D eigenvalue weighted by Crippen LogP contribution is -2.07. The van der Waals surface area contributed by atoms with Gasteiger partial charge in [0.1, 0.15) is 0 Å². The number of nitrogens with zero attached hydrogens (tertiary/aromatic N) is 1. The molecule has 1 aliphatic heterocycles. The predicted octanol–water partition coefficient (Wildman–Crippen LogP) is 4.56. The van der Waals surface area contributed by atoms with Crippen molar-refractivity contribution in [1.29, 1.82) is 0 Å². The molecule has 0 unspecified atom stereocenters. The first kappa shape index (κ1) is 12.2. The second-order valence-corrected chi connectivity index (χ2v) is 4.02. The molecule has 5 heteroatoms. The van der Waals surface area contributed by atoms with Crippen molar-refractivity contribution in [3.8, 4) is 0 Å². The van der Waals surface area contributed by atoms with Crippen molar-refractivity contribution >= 4 is 23.5 Å². The molecule has 1 aromatic rings. The topological polar surface area (TPSA) is 12.4 Å². The molecule has 0 aliphatic carbocycles. The molecular formula is C12H9ClF3N. The molecule has 90 valence electrons. The minimum absolute atomic E-state index is 0.287. The van der Waals surface area contributed by atoms with Gasteiger partial charge in [0.05, 0.1) is 16.3 Å². The van der Waals surface area contributed by atoms with Crippen LogP contribution in [0.15, 0.2) is 29.3 Å². The van der Waals surface area contributed by atoms with Gasteiger partial charge in [0.2, 0.25) is 0 Å². The number of aliphatic imine (C=N–C) groups is 1. The van der Waals surface area contributed by atoms with Crippen molar-refractivity contribution in [2.45, 2.75) is 19.0 Å². The van der Waals surface area contributed by atoms with Crippen molar-refractivity contribution in [2.24, 2.45) is 4.99 Å². The van der Waals surface area contributed by atoms with Gasteiger partial charge in [-0.3, -0.25) is 4.99 Å². The van der Waals surface area contributed by atoms with Crippen LogP contribution in [0.25, 0.3) is 5.70 Å². The van der Waals surface area contributed by atoms with E-state index < -0.39 is 11.7 Å². The smallest absolute Gasteiger partial charge is 0.261 e. The first-order chi connectivity index (χ1) is 8.00. The molecule has 0 atom stereocenters. The zero-order valence-electron chi connectivity index (χ0n) is 8.76. The van der Waals surface area contributed by atoms with Gasteiger partial charge in [0, 0.05) is 11.8 Å². The van der Waals surface area contributed by atoms with E-state index in [1.165, 1.54) is 6.07 Å². The summed E-state index contributed by atoms with van der Waals surface area (Å²) in [6, 6.07) is 3.86. The maximum absolute atomic E-state index is 12.7. The molecule has 0 aromatic heterocycles. The van der Waals surface area contributed by atoms with Gasteiger partial charge < -0.3 is 0 Å². The van der Waals surface area contributed by atoms with Crippen LogP contribution >= 0.6 is 11.6 Å². The zero-order chi connectivity index (χ0) is 12.5. The number of allylic oxidation sites excluding steroid dienone is 1. The summed E-state index contributed by atoms with van der Waals surface area (Å²) in [4.78, 5) is 4.07. The Bertz CT molecular complexity index is 489. The number of hydrogen-bond donors (Lipinski definition) is 0. The summed E-state index contributed by atoms with van der Waals surface area (Å²) in [7, 11) is 0. The third-order valence-corrected chi connectivity index (χ3v) is 2.85. The van der Waals surface area contributed by atoms with Crippen LogP contribution in [0.4, 0.5) is 13.2 Å². The number of hydrogen-bond acceptors (Lipinski definition) is 1. The summed E-state index contributed by atoms with van der Waals surface area (Å²) in [6.07, 6.45) is 0.616. The van der Waals surface area contributed by atoms with Crippen molar-refractivity contribution in [1.82, 2.24) is 0 Å². The fourth-order valence-electron chi connectivity index (χ4n) is 1.64. The largest absolute Gasteiger partial charge is 0.417 e. The zero-order valence-corrected chi connectivity index (χ0v) is 9.52. The number of rotatable bonds is 1. The standard InChI is InChI=1S/C12H9ClF3N/c13-11-8(10-6-1-2-7-17-10)4-3-5-9(11)12(14,15)16/h3-7H,1-2H2. The third kappa shape index (κ3) is 2.52. The highest BCUT2D eigenvalue weighted by Crippen LogP contribution is 2.38. The predicted molar refractivity (Wildman–Crippen MR) is 62.2 cm³/mol. The summed E-state index contributed by atoms with van der Waals surface area (Å²) in [6.45, 7) is 0. The van der Waals surface area contributed by atoms with Gasteiger partial charge in [-0.1, -0.05) is 29.8 Å². The Labute approximate surface area is 102 Å². The monoisotopic (exact) mass is 259 g/mol. The molecule has 1 aliphatic rings. The van der Waals surface area contributed by atoms with Gasteiger partial charge >= 0.3 is 6.18 Å². The van der Waals surface area contributed by atoms with Crippen LogP contribution in [-0.2, 0) is 6.18 Å². The SMILES string of the molecule is FC(F)(F)c1cccc(C2=CCCC=N2)c1Cl. The van der Waals surface area contributed by atoms with Crippen LogP contribution in [0.5, 0.6) is 0 Å². The normalized spacial score (nSPS) is 15.9. The summed E-state index contributed by atoms with van der Waals surface area (Å²) < 4.78 is 38.0. The second-order valence-electron chi connectivity index (χ2n) is 3.64. The Morgan fingerprint density at radius 1 is 1.18 bits per heavy atom. The molecule has 0 amide bonds. The summed E-state index contributed by atoms with van der Waals surface area (Å²) in [5.41, 5.74) is 0.0168. The molecule has 0 bridgehead atoms. The van der Waals surface area contributed by atoms with Crippen LogP contribution in [-0.4, -0.2) is 6.21 Å². The van der Waals surface area contributed by atoms with Crippen molar-refractivity contribution in [2.75, 3.05) is 0 Å². The molecule has 0 saturated heterocycles. The molecule has 17 heavy (non-hydrogen) atoms. The van der Waals surface area contributed by atoms with Crippen LogP contribution in [0.1, 0.15) is 24.0 Å². The van der Waals surface area contributed by atoms with E-state index in [1.54, 1.807) is 18.4 Å². The average molecular weight is 260 g/mol. The fourth-order valence-corrected chi connectivity index (χ4v) is 1.97. The Morgan fingerprint density at radius 3 is 2.53 bits per heavy atom. The first-order valence-electron chi connectivity index (χ1n) is 5.09. The Balaban J connectivity index is 2.50. The maximum Gasteiger partial charge on any atom is 0.417 e. The second kappa shape index (κ2) is 4.53. The van der Waals surface area contributed by atoms with Crippen molar-refractivity contribution < 1.29 is 13.2 Å².